The molecule has 4 aromatic rings. The SMILES string of the molecule is Cc1ccc(Cl)cc1NC(=O)C(C)Sc1nnc(-c2ccco2)n1Cc1ccccc1. The molecule has 1 N–H and O–H groups in total. The number of carbonyl (C=O) groups excluding carboxylic acids is 1. The summed E-state index contributed by atoms with van der Waals surface area (Å²) in [4.78, 5) is 12.8. The molecular formula is C23H21ClN4O2S. The van der Waals surface area contributed by atoms with E-state index in [9.17, 15) is 4.79 Å². The first-order valence-corrected chi connectivity index (χ1v) is 11.0. The molecule has 1 amide bonds. The van der Waals surface area contributed by atoms with Crippen molar-refractivity contribution in [2.75, 3.05) is 5.32 Å². The van der Waals surface area contributed by atoms with E-state index in [-0.39, 0.29) is 5.91 Å². The first kappa shape index (κ1) is 21.2. The van der Waals surface area contributed by atoms with Crippen LogP contribution in [0.1, 0.15) is 18.1 Å². The molecular weight excluding hydrogens is 432 g/mol. The second-order valence-electron chi connectivity index (χ2n) is 7.06. The van der Waals surface area contributed by atoms with E-state index < -0.39 is 5.25 Å². The Labute approximate surface area is 189 Å². The second-order valence-corrected chi connectivity index (χ2v) is 8.81. The molecule has 1 unspecified atom stereocenters. The Hall–Kier alpha value is -3.03. The van der Waals surface area contributed by atoms with Crippen molar-refractivity contribution < 1.29 is 9.21 Å². The number of halogens is 1. The van der Waals surface area contributed by atoms with Crippen LogP contribution < -0.4 is 5.32 Å². The zero-order valence-electron chi connectivity index (χ0n) is 17.1. The molecule has 0 bridgehead atoms. The normalized spacial score (nSPS) is 12.0. The highest BCUT2D eigenvalue weighted by atomic mass is 35.5. The number of hydrogen-bond acceptors (Lipinski definition) is 5. The van der Waals surface area contributed by atoms with Crippen LogP contribution in [0.2, 0.25) is 5.02 Å². The molecule has 0 spiro atoms. The molecule has 6 nitrogen and oxygen atoms in total. The summed E-state index contributed by atoms with van der Waals surface area (Å²) in [6.45, 7) is 4.33. The van der Waals surface area contributed by atoms with Crippen molar-refractivity contribution in [1.29, 1.82) is 0 Å². The zero-order chi connectivity index (χ0) is 21.8. The minimum Gasteiger partial charge on any atom is -0.461 e. The fourth-order valence-corrected chi connectivity index (χ4v) is 4.07. The molecule has 0 fully saturated rings. The molecule has 2 aromatic heterocycles. The molecule has 4 rings (SSSR count). The number of carbonyl (C=O) groups is 1. The molecule has 0 aliphatic rings. The Morgan fingerprint density at radius 3 is 2.71 bits per heavy atom. The Morgan fingerprint density at radius 1 is 1.16 bits per heavy atom. The second kappa shape index (κ2) is 9.41. The van der Waals surface area contributed by atoms with Gasteiger partial charge >= 0.3 is 0 Å². The summed E-state index contributed by atoms with van der Waals surface area (Å²) < 4.78 is 7.51. The number of nitrogens with one attached hydrogen (secondary N) is 1. The fourth-order valence-electron chi connectivity index (χ4n) is 3.05. The van der Waals surface area contributed by atoms with E-state index in [1.165, 1.54) is 11.8 Å². The molecule has 31 heavy (non-hydrogen) atoms. The average molecular weight is 453 g/mol. The molecule has 1 atom stereocenters. The van der Waals surface area contributed by atoms with Gasteiger partial charge in [0.05, 0.1) is 18.1 Å². The van der Waals surface area contributed by atoms with Crippen LogP contribution in [-0.4, -0.2) is 25.9 Å². The van der Waals surface area contributed by atoms with Crippen LogP contribution in [0.5, 0.6) is 0 Å². The van der Waals surface area contributed by atoms with Crippen LogP contribution in [0.4, 0.5) is 5.69 Å². The van der Waals surface area contributed by atoms with Gasteiger partial charge in [-0.05, 0) is 49.2 Å². The topological polar surface area (TPSA) is 73.0 Å². The van der Waals surface area contributed by atoms with Crippen molar-refractivity contribution in [1.82, 2.24) is 14.8 Å². The Morgan fingerprint density at radius 2 is 1.97 bits per heavy atom. The number of aromatic nitrogens is 3. The molecule has 2 heterocycles. The largest absolute Gasteiger partial charge is 0.461 e. The van der Waals surface area contributed by atoms with E-state index in [1.54, 1.807) is 18.4 Å². The number of benzene rings is 2. The molecule has 8 heteroatoms. The molecule has 0 saturated heterocycles. The van der Waals surface area contributed by atoms with Gasteiger partial charge in [-0.1, -0.05) is 59.8 Å². The quantitative estimate of drug-likeness (QED) is 0.366. The molecule has 0 aliphatic carbocycles. The monoisotopic (exact) mass is 452 g/mol. The third-order valence-corrected chi connectivity index (χ3v) is 6.07. The number of anilines is 1. The van der Waals surface area contributed by atoms with Crippen LogP contribution in [-0.2, 0) is 11.3 Å². The predicted octanol–water partition coefficient (Wildman–Crippen LogP) is 5.67. The maximum absolute atomic E-state index is 12.8. The van der Waals surface area contributed by atoms with Gasteiger partial charge in [0.25, 0.3) is 0 Å². The lowest BCUT2D eigenvalue weighted by molar-refractivity contribution is -0.115. The summed E-state index contributed by atoms with van der Waals surface area (Å²) >= 11 is 7.42. The fraction of sp³-hybridized carbons (Fsp3) is 0.174. The molecule has 0 radical (unpaired) electrons. The number of nitrogens with zero attached hydrogens (tertiary/aromatic N) is 3. The summed E-state index contributed by atoms with van der Waals surface area (Å²) in [7, 11) is 0. The van der Waals surface area contributed by atoms with Crippen LogP contribution >= 0.6 is 23.4 Å². The number of aryl methyl sites for hydroxylation is 1. The van der Waals surface area contributed by atoms with Crippen molar-refractivity contribution in [3.05, 3.63) is 83.1 Å². The summed E-state index contributed by atoms with van der Waals surface area (Å²) in [5.41, 5.74) is 2.75. The van der Waals surface area contributed by atoms with E-state index in [2.05, 4.69) is 15.5 Å². The highest BCUT2D eigenvalue weighted by Gasteiger charge is 2.22. The summed E-state index contributed by atoms with van der Waals surface area (Å²) in [5.74, 6) is 1.11. The van der Waals surface area contributed by atoms with Gasteiger partial charge in [0, 0.05) is 10.7 Å². The lowest BCUT2D eigenvalue weighted by Gasteiger charge is -2.15. The maximum Gasteiger partial charge on any atom is 0.237 e. The minimum atomic E-state index is -0.401. The standard InChI is InChI=1S/C23H21ClN4O2S/c1-15-10-11-18(24)13-19(15)25-22(29)16(2)31-23-27-26-21(20-9-6-12-30-20)28(23)14-17-7-4-3-5-8-17/h3-13,16H,14H2,1-2H3,(H,25,29). The molecule has 0 saturated carbocycles. The summed E-state index contributed by atoms with van der Waals surface area (Å²) in [5, 5.41) is 12.4. The first-order valence-electron chi connectivity index (χ1n) is 9.76. The van der Waals surface area contributed by atoms with Gasteiger partial charge in [0.2, 0.25) is 11.7 Å². The van der Waals surface area contributed by atoms with E-state index in [1.807, 2.05) is 66.9 Å². The van der Waals surface area contributed by atoms with Crippen LogP contribution in [0, 0.1) is 6.92 Å². The van der Waals surface area contributed by atoms with E-state index >= 15 is 0 Å². The average Bonchev–Trinajstić information content (AvgIpc) is 3.42. The van der Waals surface area contributed by atoms with Gasteiger partial charge in [0.15, 0.2) is 10.9 Å². The summed E-state index contributed by atoms with van der Waals surface area (Å²) in [6.07, 6.45) is 1.60. The molecule has 158 valence electrons. The number of rotatable bonds is 7. The van der Waals surface area contributed by atoms with Crippen molar-refractivity contribution in [3.8, 4) is 11.6 Å². The molecule has 0 aliphatic heterocycles. The lowest BCUT2D eigenvalue weighted by Crippen LogP contribution is -2.23. The highest BCUT2D eigenvalue weighted by Crippen LogP contribution is 2.29. The van der Waals surface area contributed by atoms with E-state index in [0.717, 1.165) is 11.1 Å². The van der Waals surface area contributed by atoms with Gasteiger partial charge in [-0.2, -0.15) is 0 Å². The number of furan rings is 1. The van der Waals surface area contributed by atoms with Gasteiger partial charge in [-0.15, -0.1) is 10.2 Å². The van der Waals surface area contributed by atoms with E-state index in [4.69, 9.17) is 16.0 Å². The number of amides is 1. The van der Waals surface area contributed by atoms with Gasteiger partial charge in [-0.3, -0.25) is 9.36 Å². The van der Waals surface area contributed by atoms with Crippen molar-refractivity contribution >= 4 is 35.0 Å². The highest BCUT2D eigenvalue weighted by molar-refractivity contribution is 8.00. The first-order chi connectivity index (χ1) is 15.0. The zero-order valence-corrected chi connectivity index (χ0v) is 18.7. The van der Waals surface area contributed by atoms with Crippen LogP contribution in [0.3, 0.4) is 0 Å². The third-order valence-electron chi connectivity index (χ3n) is 4.75. The number of thioether (sulfide) groups is 1. The Balaban J connectivity index is 1.57. The molecule has 2 aromatic carbocycles. The Kier molecular flexibility index (Phi) is 6.44. The minimum absolute atomic E-state index is 0.135. The predicted molar refractivity (Wildman–Crippen MR) is 123 cm³/mol. The van der Waals surface area contributed by atoms with Gasteiger partial charge < -0.3 is 9.73 Å². The smallest absolute Gasteiger partial charge is 0.237 e. The van der Waals surface area contributed by atoms with Crippen molar-refractivity contribution in [2.24, 2.45) is 0 Å². The van der Waals surface area contributed by atoms with Crippen molar-refractivity contribution in [2.45, 2.75) is 30.8 Å². The number of hydrogen-bond donors (Lipinski definition) is 1. The Bertz CT molecular complexity index is 1180. The van der Waals surface area contributed by atoms with Crippen LogP contribution in [0.15, 0.2) is 76.5 Å². The van der Waals surface area contributed by atoms with Gasteiger partial charge in [0.1, 0.15) is 0 Å². The summed E-state index contributed by atoms with van der Waals surface area (Å²) in [6, 6.07) is 19.1. The van der Waals surface area contributed by atoms with Crippen LogP contribution in [0.25, 0.3) is 11.6 Å². The van der Waals surface area contributed by atoms with E-state index in [0.29, 0.717) is 34.0 Å². The third kappa shape index (κ3) is 5.00. The van der Waals surface area contributed by atoms with Gasteiger partial charge in [-0.25, -0.2) is 0 Å². The maximum atomic E-state index is 12.8. The lowest BCUT2D eigenvalue weighted by atomic mass is 10.2. The van der Waals surface area contributed by atoms with Crippen molar-refractivity contribution in [3.63, 3.8) is 0 Å².